The summed E-state index contributed by atoms with van der Waals surface area (Å²) in [7, 11) is -4.27. The smallest absolute Gasteiger partial charge is 0.472 e. The molecule has 0 aromatic rings. The lowest BCUT2D eigenvalue weighted by atomic mass is 10.1. The van der Waals surface area contributed by atoms with Gasteiger partial charge in [0, 0.05) is 13.0 Å². The number of ether oxygens (including phenoxy) is 2. The Hall–Kier alpha value is -1.96. The van der Waals surface area contributed by atoms with Gasteiger partial charge in [-0.2, -0.15) is 0 Å². The molecule has 0 aromatic heterocycles. The van der Waals surface area contributed by atoms with Gasteiger partial charge in [0.2, 0.25) is 0 Å². The Labute approximate surface area is 319 Å². The summed E-state index contributed by atoms with van der Waals surface area (Å²) in [5, 5.41) is 0. The molecule has 0 aromatic carbocycles. The van der Waals surface area contributed by atoms with Crippen LogP contribution in [0.3, 0.4) is 0 Å². The summed E-state index contributed by atoms with van der Waals surface area (Å²) in [4.78, 5) is 22.2. The number of carbonyl (C=O) groups excluding carboxylic acids is 1. The van der Waals surface area contributed by atoms with Crippen LogP contribution in [0.4, 0.5) is 0 Å². The molecule has 0 amide bonds. The van der Waals surface area contributed by atoms with Crippen molar-refractivity contribution in [1.82, 2.24) is 0 Å². The number of phosphoric ester groups is 1. The fraction of sp³-hybridized carbons (Fsp3) is 0.744. The predicted octanol–water partition coefficient (Wildman–Crippen LogP) is 12.5. The molecule has 2 unspecified atom stereocenters. The molecule has 0 saturated heterocycles. The van der Waals surface area contributed by atoms with Crippen molar-refractivity contribution in [2.24, 2.45) is 5.73 Å². The fourth-order valence-electron chi connectivity index (χ4n) is 5.33. The Balaban J connectivity index is 4.17. The number of carbonyl (C=O) groups is 1. The number of hydrogen-bond acceptors (Lipinski definition) is 7. The van der Waals surface area contributed by atoms with Crippen molar-refractivity contribution in [2.75, 3.05) is 26.4 Å². The van der Waals surface area contributed by atoms with Crippen molar-refractivity contribution in [2.45, 2.75) is 180 Å². The first-order valence-electron chi connectivity index (χ1n) is 20.8. The summed E-state index contributed by atoms with van der Waals surface area (Å²) in [5.41, 5.74) is 5.36. The fourth-order valence-corrected chi connectivity index (χ4v) is 6.10. The molecular formula is C43H78NO7P. The summed E-state index contributed by atoms with van der Waals surface area (Å²) in [6, 6.07) is 0. The summed E-state index contributed by atoms with van der Waals surface area (Å²) >= 11 is 0. The molecule has 0 radical (unpaired) electrons. The number of allylic oxidation sites excluding steroid dienone is 9. The van der Waals surface area contributed by atoms with Gasteiger partial charge in [-0.05, 0) is 89.5 Å². The first-order valence-corrected chi connectivity index (χ1v) is 22.3. The SMILES string of the molecule is CCCCCC=CCC=CCC=CCCCCCCC(=O)OCC(COP(=O)(O)OCCN)OC=CCCCCCCCCC=CCCCCCC. The average molecular weight is 752 g/mol. The standard InChI is InChI=1S/C43H78NO7P/c1-3-5-7-9-11-13-15-17-19-21-22-24-26-28-30-32-34-36-43(45)49-40-42(41-51-52(46,47)50-39-37-44)48-38-35-33-31-29-27-25-23-20-18-16-14-12-10-8-6-4-2/h11,13-14,16-17,19,22,24,35,38,42H,3-10,12,15,18,20-21,23,25-34,36-37,39-41,44H2,1-2H3,(H,46,47). The number of nitrogens with two attached hydrogens (primary N) is 1. The van der Waals surface area contributed by atoms with E-state index in [2.05, 4.69) is 62.5 Å². The summed E-state index contributed by atoms with van der Waals surface area (Å²) in [6.07, 6.45) is 49.0. The molecule has 0 aliphatic heterocycles. The molecule has 0 rings (SSSR count). The van der Waals surface area contributed by atoms with Crippen LogP contribution in [0.15, 0.2) is 60.9 Å². The Morgan fingerprint density at radius 2 is 1.04 bits per heavy atom. The van der Waals surface area contributed by atoms with Gasteiger partial charge in [0.25, 0.3) is 0 Å². The van der Waals surface area contributed by atoms with Crippen LogP contribution in [-0.2, 0) is 27.9 Å². The Kier molecular flexibility index (Phi) is 38.7. The van der Waals surface area contributed by atoms with Crippen LogP contribution in [0.1, 0.15) is 174 Å². The predicted molar refractivity (Wildman–Crippen MR) is 219 cm³/mol. The first kappa shape index (κ1) is 50.0. The lowest BCUT2D eigenvalue weighted by Gasteiger charge is -2.19. The zero-order valence-electron chi connectivity index (χ0n) is 33.3. The molecule has 3 N–H and O–H groups in total. The molecule has 9 heteroatoms. The topological polar surface area (TPSA) is 117 Å². The highest BCUT2D eigenvalue weighted by molar-refractivity contribution is 7.47. The second-order valence-corrected chi connectivity index (χ2v) is 15.0. The van der Waals surface area contributed by atoms with E-state index in [4.69, 9.17) is 24.3 Å². The van der Waals surface area contributed by atoms with E-state index in [9.17, 15) is 14.3 Å². The molecule has 302 valence electrons. The van der Waals surface area contributed by atoms with Crippen LogP contribution >= 0.6 is 7.82 Å². The van der Waals surface area contributed by atoms with Gasteiger partial charge in [0.1, 0.15) is 6.61 Å². The molecule has 0 bridgehead atoms. The molecule has 2 atom stereocenters. The van der Waals surface area contributed by atoms with Crippen molar-refractivity contribution in [1.29, 1.82) is 0 Å². The molecule has 8 nitrogen and oxygen atoms in total. The zero-order chi connectivity index (χ0) is 38.1. The van der Waals surface area contributed by atoms with Crippen molar-refractivity contribution in [3.8, 4) is 0 Å². The Bertz CT molecular complexity index is 979. The van der Waals surface area contributed by atoms with E-state index >= 15 is 0 Å². The number of phosphoric acid groups is 1. The van der Waals surface area contributed by atoms with Crippen LogP contribution in [0.2, 0.25) is 0 Å². The van der Waals surface area contributed by atoms with E-state index in [1.165, 1.54) is 96.3 Å². The quantitative estimate of drug-likeness (QED) is 0.0210. The summed E-state index contributed by atoms with van der Waals surface area (Å²) in [5.74, 6) is -0.315. The van der Waals surface area contributed by atoms with Gasteiger partial charge in [-0.15, -0.1) is 0 Å². The monoisotopic (exact) mass is 752 g/mol. The van der Waals surface area contributed by atoms with E-state index in [0.29, 0.717) is 6.42 Å². The Morgan fingerprint density at radius 1 is 0.596 bits per heavy atom. The van der Waals surface area contributed by atoms with Crippen molar-refractivity contribution in [3.05, 3.63) is 60.9 Å². The highest BCUT2D eigenvalue weighted by atomic mass is 31.2. The zero-order valence-corrected chi connectivity index (χ0v) is 34.2. The maximum atomic E-state index is 12.4. The lowest BCUT2D eigenvalue weighted by Crippen LogP contribution is -2.25. The molecule has 0 aliphatic rings. The minimum absolute atomic E-state index is 0.0808. The van der Waals surface area contributed by atoms with Crippen LogP contribution in [-0.4, -0.2) is 43.3 Å². The third-order valence-electron chi connectivity index (χ3n) is 8.50. The number of rotatable bonds is 39. The van der Waals surface area contributed by atoms with Crippen LogP contribution < -0.4 is 5.73 Å². The third-order valence-corrected chi connectivity index (χ3v) is 9.48. The van der Waals surface area contributed by atoms with Crippen LogP contribution in [0.25, 0.3) is 0 Å². The number of unbranched alkanes of at least 4 members (excludes halogenated alkanes) is 18. The minimum Gasteiger partial charge on any atom is -0.492 e. The van der Waals surface area contributed by atoms with Gasteiger partial charge in [0.05, 0.1) is 19.5 Å². The molecule has 0 aliphatic carbocycles. The summed E-state index contributed by atoms with van der Waals surface area (Å²) < 4.78 is 33.1. The van der Waals surface area contributed by atoms with Gasteiger partial charge in [0.15, 0.2) is 6.10 Å². The van der Waals surface area contributed by atoms with Gasteiger partial charge in [-0.3, -0.25) is 13.8 Å². The largest absolute Gasteiger partial charge is 0.492 e. The van der Waals surface area contributed by atoms with E-state index < -0.39 is 13.9 Å². The highest BCUT2D eigenvalue weighted by Gasteiger charge is 2.24. The van der Waals surface area contributed by atoms with Gasteiger partial charge < -0.3 is 20.1 Å². The van der Waals surface area contributed by atoms with E-state index in [1.807, 2.05) is 6.08 Å². The molecular weight excluding hydrogens is 673 g/mol. The number of hydrogen-bond donors (Lipinski definition) is 2. The maximum Gasteiger partial charge on any atom is 0.472 e. The normalized spacial score (nSPS) is 14.1. The summed E-state index contributed by atoms with van der Waals surface area (Å²) in [6.45, 7) is 4.13. The molecule has 0 spiro atoms. The second kappa shape index (κ2) is 40.2. The van der Waals surface area contributed by atoms with Crippen LogP contribution in [0.5, 0.6) is 0 Å². The first-order chi connectivity index (χ1) is 25.4. The number of esters is 1. The van der Waals surface area contributed by atoms with Gasteiger partial charge in [-0.1, -0.05) is 133 Å². The average Bonchev–Trinajstić information content (AvgIpc) is 3.14. The molecule has 0 fully saturated rings. The van der Waals surface area contributed by atoms with Gasteiger partial charge in [-0.25, -0.2) is 4.57 Å². The third kappa shape index (κ3) is 39.3. The van der Waals surface area contributed by atoms with E-state index in [0.717, 1.165) is 57.8 Å². The maximum absolute atomic E-state index is 12.4. The van der Waals surface area contributed by atoms with Crippen LogP contribution in [0, 0.1) is 0 Å². The van der Waals surface area contributed by atoms with E-state index in [-0.39, 0.29) is 32.3 Å². The van der Waals surface area contributed by atoms with E-state index in [1.54, 1.807) is 6.26 Å². The second-order valence-electron chi connectivity index (χ2n) is 13.6. The molecule has 0 heterocycles. The van der Waals surface area contributed by atoms with Gasteiger partial charge >= 0.3 is 13.8 Å². The molecule has 52 heavy (non-hydrogen) atoms. The minimum atomic E-state index is -4.27. The lowest BCUT2D eigenvalue weighted by molar-refractivity contribution is -0.147. The highest BCUT2D eigenvalue weighted by Crippen LogP contribution is 2.43. The van der Waals surface area contributed by atoms with Crippen molar-refractivity contribution in [3.63, 3.8) is 0 Å². The van der Waals surface area contributed by atoms with Crippen molar-refractivity contribution < 1.29 is 32.8 Å². The molecule has 0 saturated carbocycles. The Morgan fingerprint density at radius 3 is 1.60 bits per heavy atom. The van der Waals surface area contributed by atoms with Crippen molar-refractivity contribution >= 4 is 13.8 Å².